The largest absolute Gasteiger partial charge is 0.493 e. The number of nitro benzene ring substituents is 1. The molecule has 4 aromatic rings. The van der Waals surface area contributed by atoms with Crippen molar-refractivity contribution in [3.8, 4) is 5.88 Å². The fourth-order valence-electron chi connectivity index (χ4n) is 3.16. The van der Waals surface area contributed by atoms with Gasteiger partial charge in [-0.3, -0.25) is 10.1 Å². The third kappa shape index (κ3) is 3.70. The van der Waals surface area contributed by atoms with Crippen molar-refractivity contribution >= 4 is 28.0 Å². The summed E-state index contributed by atoms with van der Waals surface area (Å²) in [5.41, 5.74) is 3.90. The zero-order valence-electron chi connectivity index (χ0n) is 15.7. The van der Waals surface area contributed by atoms with Crippen LogP contribution >= 0.6 is 0 Å². The van der Waals surface area contributed by atoms with Gasteiger partial charge in [-0.05, 0) is 30.7 Å². The monoisotopic (exact) mass is 386 g/mol. The summed E-state index contributed by atoms with van der Waals surface area (Å²) in [4.78, 5) is 10.3. The van der Waals surface area contributed by atoms with Crippen molar-refractivity contribution < 1.29 is 10.0 Å². The molecule has 0 saturated carbocycles. The van der Waals surface area contributed by atoms with Crippen LogP contribution in [0.4, 0.5) is 17.1 Å². The molecule has 1 aromatic heterocycles. The van der Waals surface area contributed by atoms with E-state index in [4.69, 9.17) is 0 Å². The first-order chi connectivity index (χ1) is 14.0. The molecule has 7 nitrogen and oxygen atoms in total. The quantitative estimate of drug-likeness (QED) is 0.258. The lowest BCUT2D eigenvalue weighted by molar-refractivity contribution is -0.384. The smallest absolute Gasteiger partial charge is 0.269 e. The molecule has 0 aliphatic heterocycles. The van der Waals surface area contributed by atoms with Gasteiger partial charge in [0, 0.05) is 17.5 Å². The first-order valence-corrected chi connectivity index (χ1v) is 9.05. The average molecular weight is 386 g/mol. The molecule has 144 valence electrons. The second kappa shape index (κ2) is 7.55. The molecular weight excluding hydrogens is 368 g/mol. The van der Waals surface area contributed by atoms with Crippen LogP contribution in [0.25, 0.3) is 10.9 Å². The van der Waals surface area contributed by atoms with Gasteiger partial charge in [-0.1, -0.05) is 48.0 Å². The second-order valence-corrected chi connectivity index (χ2v) is 6.73. The molecule has 0 amide bonds. The molecule has 3 aromatic carbocycles. The highest BCUT2D eigenvalue weighted by molar-refractivity contribution is 5.95. The van der Waals surface area contributed by atoms with Crippen LogP contribution in [-0.4, -0.2) is 14.6 Å². The molecule has 1 N–H and O–H groups in total. The number of nitro groups is 1. The van der Waals surface area contributed by atoms with Crippen molar-refractivity contribution in [3.63, 3.8) is 0 Å². The molecule has 29 heavy (non-hydrogen) atoms. The minimum Gasteiger partial charge on any atom is -0.493 e. The lowest BCUT2D eigenvalue weighted by atomic mass is 10.1. The van der Waals surface area contributed by atoms with Crippen LogP contribution in [0, 0.1) is 17.0 Å². The van der Waals surface area contributed by atoms with Gasteiger partial charge in [0.2, 0.25) is 5.88 Å². The zero-order valence-corrected chi connectivity index (χ0v) is 15.7. The number of fused-ring (bicyclic) bond motifs is 1. The summed E-state index contributed by atoms with van der Waals surface area (Å²) in [7, 11) is 0. The van der Waals surface area contributed by atoms with Crippen LogP contribution in [0.1, 0.15) is 11.1 Å². The van der Waals surface area contributed by atoms with Gasteiger partial charge in [-0.2, -0.15) is 5.11 Å². The molecule has 7 heteroatoms. The zero-order chi connectivity index (χ0) is 20.4. The number of benzene rings is 3. The Bertz CT molecular complexity index is 1210. The minimum absolute atomic E-state index is 0.0125. The van der Waals surface area contributed by atoms with Gasteiger partial charge in [-0.15, -0.1) is 5.11 Å². The van der Waals surface area contributed by atoms with Gasteiger partial charge in [-0.25, -0.2) is 0 Å². The predicted octanol–water partition coefficient (Wildman–Crippen LogP) is 6.03. The fraction of sp³-hybridized carbons (Fsp3) is 0.0909. The maximum absolute atomic E-state index is 10.8. The van der Waals surface area contributed by atoms with E-state index in [0.717, 1.165) is 16.5 Å². The van der Waals surface area contributed by atoms with Crippen molar-refractivity contribution in [2.24, 2.45) is 10.2 Å². The Morgan fingerprint density at radius 3 is 2.34 bits per heavy atom. The molecule has 0 spiro atoms. The first-order valence-electron chi connectivity index (χ1n) is 9.05. The number of aromatic hydroxyl groups is 1. The Morgan fingerprint density at radius 1 is 0.966 bits per heavy atom. The predicted molar refractivity (Wildman–Crippen MR) is 111 cm³/mol. The van der Waals surface area contributed by atoms with Gasteiger partial charge >= 0.3 is 0 Å². The molecule has 0 radical (unpaired) electrons. The van der Waals surface area contributed by atoms with Crippen LogP contribution < -0.4 is 0 Å². The van der Waals surface area contributed by atoms with Crippen LogP contribution in [0.3, 0.4) is 0 Å². The van der Waals surface area contributed by atoms with Crippen LogP contribution in [0.15, 0.2) is 83.0 Å². The highest BCUT2D eigenvalue weighted by Crippen LogP contribution is 2.39. The Labute approximate surface area is 166 Å². The molecule has 0 fully saturated rings. The van der Waals surface area contributed by atoms with E-state index in [1.165, 1.54) is 29.8 Å². The summed E-state index contributed by atoms with van der Waals surface area (Å²) < 4.78 is 1.80. The highest BCUT2D eigenvalue weighted by atomic mass is 16.6. The Morgan fingerprint density at radius 2 is 1.66 bits per heavy atom. The fourth-order valence-corrected chi connectivity index (χ4v) is 3.16. The number of non-ortho nitro benzene ring substituents is 1. The third-order valence-corrected chi connectivity index (χ3v) is 4.70. The van der Waals surface area contributed by atoms with E-state index >= 15 is 0 Å². The first kappa shape index (κ1) is 18.4. The maximum Gasteiger partial charge on any atom is 0.269 e. The van der Waals surface area contributed by atoms with E-state index in [1.54, 1.807) is 4.57 Å². The average Bonchev–Trinajstić information content (AvgIpc) is 2.99. The molecule has 0 aliphatic carbocycles. The summed E-state index contributed by atoms with van der Waals surface area (Å²) >= 11 is 0. The number of rotatable bonds is 5. The maximum atomic E-state index is 10.8. The van der Waals surface area contributed by atoms with Crippen molar-refractivity contribution in [1.82, 2.24) is 4.57 Å². The number of aromatic nitrogens is 1. The topological polar surface area (TPSA) is 93.0 Å². The number of azo groups is 1. The van der Waals surface area contributed by atoms with Crippen molar-refractivity contribution in [3.05, 3.63) is 94.0 Å². The Balaban J connectivity index is 1.72. The number of nitrogens with zero attached hydrogens (tertiary/aromatic N) is 4. The molecular formula is C22H18N4O3. The van der Waals surface area contributed by atoms with Gasteiger partial charge < -0.3 is 9.67 Å². The minimum atomic E-state index is -0.467. The second-order valence-electron chi connectivity index (χ2n) is 6.73. The number of para-hydroxylation sites is 1. The summed E-state index contributed by atoms with van der Waals surface area (Å²) in [6.45, 7) is 2.53. The van der Waals surface area contributed by atoms with Crippen molar-refractivity contribution in [1.29, 1.82) is 0 Å². The van der Waals surface area contributed by atoms with Gasteiger partial charge in [0.05, 0.1) is 22.7 Å². The van der Waals surface area contributed by atoms with E-state index in [9.17, 15) is 15.2 Å². The van der Waals surface area contributed by atoms with Crippen LogP contribution in [0.2, 0.25) is 0 Å². The number of hydrogen-bond acceptors (Lipinski definition) is 5. The lowest BCUT2D eigenvalue weighted by Crippen LogP contribution is -1.98. The van der Waals surface area contributed by atoms with E-state index in [-0.39, 0.29) is 11.6 Å². The summed E-state index contributed by atoms with van der Waals surface area (Å²) in [6.07, 6.45) is 0. The van der Waals surface area contributed by atoms with E-state index in [0.29, 0.717) is 17.9 Å². The van der Waals surface area contributed by atoms with E-state index in [1.807, 2.05) is 55.5 Å². The third-order valence-electron chi connectivity index (χ3n) is 4.70. The highest BCUT2D eigenvalue weighted by Gasteiger charge is 2.16. The number of aryl methyl sites for hydroxylation is 1. The van der Waals surface area contributed by atoms with E-state index in [2.05, 4.69) is 10.2 Å². The summed E-state index contributed by atoms with van der Waals surface area (Å²) in [5.74, 6) is 0.0254. The molecule has 4 rings (SSSR count). The lowest BCUT2D eigenvalue weighted by Gasteiger charge is -2.07. The molecule has 1 heterocycles. The van der Waals surface area contributed by atoms with Crippen LogP contribution in [0.5, 0.6) is 5.88 Å². The Hall–Kier alpha value is -4.00. The Kier molecular flexibility index (Phi) is 4.78. The molecule has 0 unspecified atom stereocenters. The van der Waals surface area contributed by atoms with Gasteiger partial charge in [0.1, 0.15) is 0 Å². The number of hydrogen-bond donors (Lipinski definition) is 1. The molecule has 0 atom stereocenters. The standard InChI is InChI=1S/C22H18N4O3/c1-15-6-8-16(9-7-15)14-25-20-5-3-2-4-19(20)21(22(25)27)24-23-17-10-12-18(13-11-17)26(28)29/h2-13,27H,14H2,1H3. The van der Waals surface area contributed by atoms with E-state index < -0.39 is 4.92 Å². The normalized spacial score (nSPS) is 11.3. The van der Waals surface area contributed by atoms with Crippen molar-refractivity contribution in [2.75, 3.05) is 0 Å². The molecule has 0 aliphatic rings. The summed E-state index contributed by atoms with van der Waals surface area (Å²) in [6, 6.07) is 21.5. The molecule has 0 saturated heterocycles. The molecule has 0 bridgehead atoms. The van der Waals surface area contributed by atoms with Crippen molar-refractivity contribution in [2.45, 2.75) is 13.5 Å². The van der Waals surface area contributed by atoms with Crippen LogP contribution in [-0.2, 0) is 6.54 Å². The van der Waals surface area contributed by atoms with Gasteiger partial charge in [0.25, 0.3) is 5.69 Å². The SMILES string of the molecule is Cc1ccc(Cn2c(O)c(N=Nc3ccc([N+](=O)[O-])cc3)c3ccccc32)cc1. The summed E-state index contributed by atoms with van der Waals surface area (Å²) in [5, 5.41) is 30.8. The van der Waals surface area contributed by atoms with Gasteiger partial charge in [0.15, 0.2) is 5.69 Å².